The summed E-state index contributed by atoms with van der Waals surface area (Å²) in [7, 11) is 0. The van der Waals surface area contributed by atoms with Crippen LogP contribution in [0.3, 0.4) is 0 Å². The van der Waals surface area contributed by atoms with Crippen LogP contribution in [0.4, 0.5) is 0 Å². The van der Waals surface area contributed by atoms with Crippen molar-refractivity contribution in [3.8, 4) is 5.75 Å². The highest BCUT2D eigenvalue weighted by molar-refractivity contribution is 6.30. The van der Waals surface area contributed by atoms with E-state index in [9.17, 15) is 0 Å². The molecule has 1 saturated heterocycles. The molecule has 6 heteroatoms. The molecule has 21 heavy (non-hydrogen) atoms. The lowest BCUT2D eigenvalue weighted by Crippen LogP contribution is -2.47. The number of guanidine groups is 1. The number of hydrogen-bond donors (Lipinski definition) is 1. The van der Waals surface area contributed by atoms with Crippen LogP contribution in [0.25, 0.3) is 0 Å². The molecule has 1 fully saturated rings. The Labute approximate surface area is 129 Å². The van der Waals surface area contributed by atoms with Gasteiger partial charge in [0.25, 0.3) is 0 Å². The summed E-state index contributed by atoms with van der Waals surface area (Å²) in [6, 6.07) is 3.87. The summed E-state index contributed by atoms with van der Waals surface area (Å²) in [6.45, 7) is 5.48. The molecule has 1 unspecified atom stereocenters. The summed E-state index contributed by atoms with van der Waals surface area (Å²) in [5.41, 5.74) is 8.25. The number of hydrogen-bond acceptors (Lipinski definition) is 3. The van der Waals surface area contributed by atoms with Crippen LogP contribution in [0, 0.1) is 0 Å². The van der Waals surface area contributed by atoms with Gasteiger partial charge in [0.15, 0.2) is 5.96 Å². The molecule has 0 amide bonds. The summed E-state index contributed by atoms with van der Waals surface area (Å²) in [5, 5.41) is 0.725. The second-order valence-electron chi connectivity index (χ2n) is 5.45. The lowest BCUT2D eigenvalue weighted by atomic mass is 10.1. The van der Waals surface area contributed by atoms with Crippen molar-refractivity contribution in [2.24, 2.45) is 10.7 Å². The Hall–Kier alpha value is -1.46. The minimum Gasteiger partial charge on any atom is -0.493 e. The van der Waals surface area contributed by atoms with Crippen molar-refractivity contribution >= 4 is 17.6 Å². The normalized spacial score (nSPS) is 22.1. The van der Waals surface area contributed by atoms with Gasteiger partial charge in [-0.1, -0.05) is 11.6 Å². The first kappa shape index (κ1) is 14.5. The Bertz CT molecular complexity index is 562. The Morgan fingerprint density at radius 1 is 1.48 bits per heavy atom. The fraction of sp³-hybridized carbons (Fsp3) is 0.533. The number of benzene rings is 1. The molecule has 0 spiro atoms. The Kier molecular flexibility index (Phi) is 4.22. The number of nitrogens with two attached hydrogens (primary N) is 1. The first-order valence-corrected chi connectivity index (χ1v) is 7.62. The molecular weight excluding hydrogens is 290 g/mol. The second kappa shape index (κ2) is 6.12. The van der Waals surface area contributed by atoms with Crippen LogP contribution in [-0.2, 0) is 17.7 Å². The molecular formula is C15H20ClN3O2. The highest BCUT2D eigenvalue weighted by atomic mass is 35.5. The van der Waals surface area contributed by atoms with Crippen LogP contribution >= 0.6 is 11.6 Å². The maximum Gasteiger partial charge on any atom is 0.191 e. The lowest BCUT2D eigenvalue weighted by molar-refractivity contribution is 0.00528. The fourth-order valence-corrected chi connectivity index (χ4v) is 3.02. The van der Waals surface area contributed by atoms with E-state index in [2.05, 4.69) is 9.89 Å². The van der Waals surface area contributed by atoms with E-state index in [0.717, 1.165) is 41.4 Å². The van der Waals surface area contributed by atoms with Crippen LogP contribution < -0.4 is 10.5 Å². The molecule has 2 aliphatic heterocycles. The molecule has 0 bridgehead atoms. The molecule has 0 saturated carbocycles. The van der Waals surface area contributed by atoms with Gasteiger partial charge in [-0.2, -0.15) is 0 Å². The van der Waals surface area contributed by atoms with Crippen molar-refractivity contribution in [3.63, 3.8) is 0 Å². The first-order valence-electron chi connectivity index (χ1n) is 7.24. The fourth-order valence-electron chi connectivity index (χ4n) is 2.76. The van der Waals surface area contributed by atoms with E-state index in [1.165, 1.54) is 0 Å². The van der Waals surface area contributed by atoms with Crippen LogP contribution in [0.1, 0.15) is 18.1 Å². The standard InChI is InChI=1S/C15H20ClN3O2/c1-10-9-19(3-5-20-10)15(17)18-8-12-7-13(16)6-11-2-4-21-14(11)12/h6-7,10H,2-5,8-9H2,1H3,(H2,17,18). The van der Waals surface area contributed by atoms with Gasteiger partial charge in [0.2, 0.25) is 0 Å². The molecule has 2 aliphatic rings. The van der Waals surface area contributed by atoms with Crippen LogP contribution in [0.2, 0.25) is 5.02 Å². The van der Waals surface area contributed by atoms with Gasteiger partial charge in [-0.25, -0.2) is 4.99 Å². The minimum absolute atomic E-state index is 0.186. The number of morpholine rings is 1. The average molecular weight is 310 g/mol. The van der Waals surface area contributed by atoms with Gasteiger partial charge < -0.3 is 20.1 Å². The van der Waals surface area contributed by atoms with Crippen LogP contribution in [-0.4, -0.2) is 43.3 Å². The van der Waals surface area contributed by atoms with Crippen LogP contribution in [0.15, 0.2) is 17.1 Å². The molecule has 2 heterocycles. The van der Waals surface area contributed by atoms with Crippen molar-refractivity contribution in [2.45, 2.75) is 26.0 Å². The number of halogens is 1. The number of ether oxygens (including phenoxy) is 2. The van der Waals surface area contributed by atoms with E-state index in [1.54, 1.807) is 0 Å². The molecule has 114 valence electrons. The van der Waals surface area contributed by atoms with Crippen molar-refractivity contribution in [1.29, 1.82) is 0 Å². The maximum atomic E-state index is 6.15. The van der Waals surface area contributed by atoms with Gasteiger partial charge in [-0.05, 0) is 24.6 Å². The lowest BCUT2D eigenvalue weighted by Gasteiger charge is -2.31. The van der Waals surface area contributed by atoms with Gasteiger partial charge in [0, 0.05) is 30.1 Å². The van der Waals surface area contributed by atoms with Gasteiger partial charge >= 0.3 is 0 Å². The summed E-state index contributed by atoms with van der Waals surface area (Å²) in [6.07, 6.45) is 1.09. The van der Waals surface area contributed by atoms with E-state index < -0.39 is 0 Å². The quantitative estimate of drug-likeness (QED) is 0.668. The summed E-state index contributed by atoms with van der Waals surface area (Å²) in [5.74, 6) is 1.48. The van der Waals surface area contributed by atoms with E-state index in [1.807, 2.05) is 19.1 Å². The Balaban J connectivity index is 1.73. The molecule has 0 radical (unpaired) electrons. The van der Waals surface area contributed by atoms with E-state index in [4.69, 9.17) is 26.8 Å². The Morgan fingerprint density at radius 3 is 3.14 bits per heavy atom. The number of rotatable bonds is 2. The van der Waals surface area contributed by atoms with Gasteiger partial charge in [0.05, 0.1) is 25.9 Å². The van der Waals surface area contributed by atoms with Crippen molar-refractivity contribution in [1.82, 2.24) is 4.90 Å². The van der Waals surface area contributed by atoms with Crippen LogP contribution in [0.5, 0.6) is 5.75 Å². The van der Waals surface area contributed by atoms with Gasteiger partial charge in [-0.15, -0.1) is 0 Å². The van der Waals surface area contributed by atoms with Gasteiger partial charge in [0.1, 0.15) is 5.75 Å². The highest BCUT2D eigenvalue weighted by Gasteiger charge is 2.20. The molecule has 0 aromatic heterocycles. The Morgan fingerprint density at radius 2 is 2.33 bits per heavy atom. The van der Waals surface area contributed by atoms with Crippen molar-refractivity contribution in [2.75, 3.05) is 26.3 Å². The summed E-state index contributed by atoms with van der Waals surface area (Å²) < 4.78 is 11.2. The molecule has 5 nitrogen and oxygen atoms in total. The predicted molar refractivity (Wildman–Crippen MR) is 83.0 cm³/mol. The zero-order valence-electron chi connectivity index (χ0n) is 12.1. The molecule has 1 atom stereocenters. The maximum absolute atomic E-state index is 6.15. The number of aliphatic imine (C=N–C) groups is 1. The topological polar surface area (TPSA) is 60.1 Å². The van der Waals surface area contributed by atoms with Crippen molar-refractivity contribution in [3.05, 3.63) is 28.3 Å². The minimum atomic E-state index is 0.186. The average Bonchev–Trinajstić information content (AvgIpc) is 2.92. The zero-order chi connectivity index (χ0) is 14.8. The number of fused-ring (bicyclic) bond motifs is 1. The highest BCUT2D eigenvalue weighted by Crippen LogP contribution is 2.33. The predicted octanol–water partition coefficient (Wildman–Crippen LogP) is 1.81. The van der Waals surface area contributed by atoms with E-state index in [0.29, 0.717) is 25.7 Å². The van der Waals surface area contributed by atoms with E-state index in [-0.39, 0.29) is 6.10 Å². The second-order valence-corrected chi connectivity index (χ2v) is 5.89. The number of nitrogens with zero attached hydrogens (tertiary/aromatic N) is 2. The third-order valence-electron chi connectivity index (χ3n) is 3.80. The molecule has 1 aromatic rings. The van der Waals surface area contributed by atoms with E-state index >= 15 is 0 Å². The van der Waals surface area contributed by atoms with Gasteiger partial charge in [-0.3, -0.25) is 0 Å². The van der Waals surface area contributed by atoms with Crippen molar-refractivity contribution < 1.29 is 9.47 Å². The summed E-state index contributed by atoms with van der Waals surface area (Å²) in [4.78, 5) is 6.55. The smallest absolute Gasteiger partial charge is 0.191 e. The monoisotopic (exact) mass is 309 g/mol. The third-order valence-corrected chi connectivity index (χ3v) is 4.02. The molecule has 0 aliphatic carbocycles. The SMILES string of the molecule is CC1CN(C(N)=NCc2cc(Cl)cc3c2OCC3)CCO1. The molecule has 3 rings (SSSR count). The largest absolute Gasteiger partial charge is 0.493 e. The molecule has 2 N–H and O–H groups in total. The summed E-state index contributed by atoms with van der Waals surface area (Å²) >= 11 is 6.15. The molecule has 1 aromatic carbocycles. The zero-order valence-corrected chi connectivity index (χ0v) is 12.9. The third kappa shape index (κ3) is 3.24. The first-order chi connectivity index (χ1) is 10.1.